The molecule has 0 radical (unpaired) electrons. The van der Waals surface area contributed by atoms with Gasteiger partial charge >= 0.3 is 0 Å². The fraction of sp³-hybridized carbons (Fsp3) is 1.00. The van der Waals surface area contributed by atoms with Crippen LogP contribution in [0.5, 0.6) is 0 Å². The van der Waals surface area contributed by atoms with Crippen LogP contribution in [0, 0.1) is 0 Å². The van der Waals surface area contributed by atoms with Gasteiger partial charge in [-0.1, -0.05) is 19.3 Å². The van der Waals surface area contributed by atoms with Gasteiger partial charge in [-0.05, 0) is 60.6 Å². The van der Waals surface area contributed by atoms with Gasteiger partial charge in [0.1, 0.15) is 0 Å². The Morgan fingerprint density at radius 3 is 2.15 bits per heavy atom. The largest absolute Gasteiger partial charge is 0.285 e. The molecule has 0 heterocycles. The summed E-state index contributed by atoms with van der Waals surface area (Å²) >= 11 is 8.15. The van der Waals surface area contributed by atoms with Crippen LogP contribution in [0.15, 0.2) is 0 Å². The quantitative estimate of drug-likeness (QED) is 0.661. The molecule has 1 rings (SSSR count). The molecule has 0 amide bonds. The Bertz CT molecular complexity index is 187. The van der Waals surface area contributed by atoms with Crippen LogP contribution in [0.1, 0.15) is 32.1 Å². The lowest BCUT2D eigenvalue weighted by atomic mass is 9.98. The zero-order valence-corrected chi connectivity index (χ0v) is 12.5. The van der Waals surface area contributed by atoms with Crippen molar-refractivity contribution in [3.63, 3.8) is 0 Å². The smallest absolute Gasteiger partial charge is 0.234 e. The summed E-state index contributed by atoms with van der Waals surface area (Å²) in [5.41, 5.74) is 0. The van der Waals surface area contributed by atoms with Crippen molar-refractivity contribution in [3.05, 3.63) is 0 Å². The fourth-order valence-electron chi connectivity index (χ4n) is 1.34. The molecule has 0 spiro atoms. The van der Waals surface area contributed by atoms with Gasteiger partial charge in [0.2, 0.25) is 1.47 Å². The lowest BCUT2D eigenvalue weighted by molar-refractivity contribution is 0.174. The first kappa shape index (κ1) is 12.6. The maximum atomic E-state index is 11.5. The lowest BCUT2D eigenvalue weighted by Crippen LogP contribution is -2.23. The molecular formula is C7H11Br3O2S. The van der Waals surface area contributed by atoms with Crippen molar-refractivity contribution in [1.29, 1.82) is 0 Å². The first-order chi connectivity index (χ1) is 6.00. The Morgan fingerprint density at radius 2 is 1.69 bits per heavy atom. The highest BCUT2D eigenvalue weighted by Crippen LogP contribution is 2.39. The second kappa shape index (κ2) is 5.58. The summed E-state index contributed by atoms with van der Waals surface area (Å²) in [4.78, 5) is 0. The van der Waals surface area contributed by atoms with E-state index in [0.717, 1.165) is 12.8 Å². The summed E-state index contributed by atoms with van der Waals surface area (Å²) in [6.45, 7) is 0. The zero-order chi connectivity index (χ0) is 9.90. The normalized spacial score (nSPS) is 23.0. The summed E-state index contributed by atoms with van der Waals surface area (Å²) in [6, 6.07) is 0. The third-order valence-electron chi connectivity index (χ3n) is 1.96. The minimum atomic E-state index is -1.38. The van der Waals surface area contributed by atoms with E-state index in [1.54, 1.807) is 0 Å². The molecule has 78 valence electrons. The van der Waals surface area contributed by atoms with Gasteiger partial charge in [0.25, 0.3) is 0 Å². The number of hydrogen-bond acceptors (Lipinski definition) is 2. The summed E-state index contributed by atoms with van der Waals surface area (Å²) in [5, 5.41) is 0. The molecule has 6 heteroatoms. The Balaban J connectivity index is 2.35. The van der Waals surface area contributed by atoms with E-state index in [-0.39, 0.29) is 6.10 Å². The van der Waals surface area contributed by atoms with Crippen LogP contribution in [-0.4, -0.2) is 11.8 Å². The molecular weight excluding hydrogens is 388 g/mol. The van der Waals surface area contributed by atoms with Crippen molar-refractivity contribution in [3.8, 4) is 0 Å². The van der Waals surface area contributed by atoms with Crippen LogP contribution in [0.2, 0.25) is 0 Å². The van der Waals surface area contributed by atoms with Gasteiger partial charge in [-0.15, -0.1) is 0 Å². The second-order valence-corrected chi connectivity index (χ2v) is 12.6. The summed E-state index contributed by atoms with van der Waals surface area (Å²) in [7, 11) is 0. The van der Waals surface area contributed by atoms with Gasteiger partial charge in [0.05, 0.1) is 6.10 Å². The minimum Gasteiger partial charge on any atom is -0.285 e. The van der Waals surface area contributed by atoms with E-state index in [0.29, 0.717) is 0 Å². The average molecular weight is 399 g/mol. The lowest BCUT2D eigenvalue weighted by Gasteiger charge is -2.22. The SMILES string of the molecule is O=S(OC1CCCCC1)C(Br)(Br)Br. The van der Waals surface area contributed by atoms with Crippen LogP contribution < -0.4 is 0 Å². The maximum absolute atomic E-state index is 11.5. The van der Waals surface area contributed by atoms with Crippen LogP contribution in [0.4, 0.5) is 0 Å². The molecule has 0 N–H and O–H groups in total. The maximum Gasteiger partial charge on any atom is 0.234 e. The van der Waals surface area contributed by atoms with Gasteiger partial charge in [-0.3, -0.25) is 4.18 Å². The third-order valence-corrected chi connectivity index (χ3v) is 5.17. The van der Waals surface area contributed by atoms with E-state index >= 15 is 0 Å². The number of hydrogen-bond donors (Lipinski definition) is 0. The van der Waals surface area contributed by atoms with E-state index in [9.17, 15) is 4.21 Å². The van der Waals surface area contributed by atoms with Gasteiger partial charge < -0.3 is 0 Å². The van der Waals surface area contributed by atoms with E-state index in [1.165, 1.54) is 19.3 Å². The molecule has 0 aromatic rings. The first-order valence-corrected chi connectivity index (χ1v) is 7.61. The molecule has 0 bridgehead atoms. The van der Waals surface area contributed by atoms with Crippen LogP contribution >= 0.6 is 47.8 Å². The zero-order valence-electron chi connectivity index (χ0n) is 6.97. The Labute approximate surface area is 106 Å². The predicted molar refractivity (Wildman–Crippen MR) is 65.6 cm³/mol. The van der Waals surface area contributed by atoms with Crippen molar-refractivity contribution in [2.45, 2.75) is 39.7 Å². The monoisotopic (exact) mass is 396 g/mol. The fourth-order valence-corrected chi connectivity index (χ4v) is 2.58. The summed E-state index contributed by atoms with van der Waals surface area (Å²) in [5.74, 6) is 0. The second-order valence-electron chi connectivity index (χ2n) is 3.04. The number of rotatable bonds is 2. The topological polar surface area (TPSA) is 26.3 Å². The molecule has 0 aromatic heterocycles. The molecule has 2 nitrogen and oxygen atoms in total. The molecule has 0 aromatic carbocycles. The van der Waals surface area contributed by atoms with Crippen molar-refractivity contribution >= 4 is 58.9 Å². The molecule has 1 aliphatic rings. The molecule has 0 aliphatic heterocycles. The average Bonchev–Trinajstić information content (AvgIpc) is 2.04. The molecule has 13 heavy (non-hydrogen) atoms. The number of alkyl halides is 3. The molecule has 1 fully saturated rings. The van der Waals surface area contributed by atoms with Crippen molar-refractivity contribution in [1.82, 2.24) is 0 Å². The van der Waals surface area contributed by atoms with Crippen molar-refractivity contribution in [2.75, 3.05) is 0 Å². The standard InChI is InChI=1S/C7H11Br3O2S/c8-7(9,10)13(11)12-6-4-2-1-3-5-6/h6H,1-5H2. The van der Waals surface area contributed by atoms with E-state index in [4.69, 9.17) is 4.18 Å². The molecule has 0 saturated heterocycles. The van der Waals surface area contributed by atoms with Crippen LogP contribution in [0.25, 0.3) is 0 Å². The Morgan fingerprint density at radius 1 is 1.15 bits per heavy atom. The van der Waals surface area contributed by atoms with E-state index in [2.05, 4.69) is 47.8 Å². The molecule has 1 atom stereocenters. The Hall–Kier alpha value is 1.55. The first-order valence-electron chi connectivity index (χ1n) is 4.16. The van der Waals surface area contributed by atoms with Gasteiger partial charge in [-0.25, -0.2) is 4.21 Å². The van der Waals surface area contributed by atoms with E-state index < -0.39 is 12.6 Å². The van der Waals surface area contributed by atoms with Crippen LogP contribution in [-0.2, 0) is 15.3 Å². The minimum absolute atomic E-state index is 0.154. The summed E-state index contributed by atoms with van der Waals surface area (Å²) in [6.07, 6.45) is 5.84. The van der Waals surface area contributed by atoms with Crippen molar-refractivity contribution in [2.24, 2.45) is 0 Å². The molecule has 1 unspecified atom stereocenters. The summed E-state index contributed by atoms with van der Waals surface area (Å²) < 4.78 is 16.1. The number of halogens is 3. The molecule has 1 saturated carbocycles. The Kier molecular flexibility index (Phi) is 5.42. The third kappa shape index (κ3) is 4.73. The highest BCUT2D eigenvalue weighted by atomic mass is 80.0. The van der Waals surface area contributed by atoms with Gasteiger partial charge in [-0.2, -0.15) is 0 Å². The molecule has 1 aliphatic carbocycles. The highest BCUT2D eigenvalue weighted by molar-refractivity contribution is 9.42. The van der Waals surface area contributed by atoms with Crippen LogP contribution in [0.3, 0.4) is 0 Å². The predicted octanol–water partition coefficient (Wildman–Crippen LogP) is 3.80. The van der Waals surface area contributed by atoms with Gasteiger partial charge in [0.15, 0.2) is 11.1 Å². The van der Waals surface area contributed by atoms with Gasteiger partial charge in [0, 0.05) is 0 Å². The highest BCUT2D eigenvalue weighted by Gasteiger charge is 2.30. The van der Waals surface area contributed by atoms with E-state index in [1.807, 2.05) is 0 Å². The van der Waals surface area contributed by atoms with Crippen molar-refractivity contribution < 1.29 is 8.39 Å².